The molecule has 1 aliphatic heterocycles. The highest BCUT2D eigenvalue weighted by Gasteiger charge is 2.29. The number of carbonyl (C=O) groups is 1. The zero-order valence-electron chi connectivity index (χ0n) is 14.9. The van der Waals surface area contributed by atoms with E-state index in [4.69, 9.17) is 4.74 Å². The van der Waals surface area contributed by atoms with Crippen LogP contribution >= 0.6 is 0 Å². The molecule has 26 heavy (non-hydrogen) atoms. The van der Waals surface area contributed by atoms with Gasteiger partial charge in [-0.2, -0.15) is 4.31 Å². The van der Waals surface area contributed by atoms with E-state index in [1.54, 1.807) is 19.1 Å². The number of anilines is 1. The van der Waals surface area contributed by atoms with Crippen molar-refractivity contribution in [3.8, 4) is 0 Å². The highest BCUT2D eigenvalue weighted by Crippen LogP contribution is 2.23. The molecule has 0 aliphatic carbocycles. The van der Waals surface area contributed by atoms with E-state index < -0.39 is 16.0 Å². The quantitative estimate of drug-likeness (QED) is 0.768. The van der Waals surface area contributed by atoms with Crippen molar-refractivity contribution in [3.63, 3.8) is 0 Å². The molecule has 1 saturated heterocycles. The van der Waals surface area contributed by atoms with Crippen molar-refractivity contribution in [2.75, 3.05) is 38.2 Å². The van der Waals surface area contributed by atoms with Gasteiger partial charge in [-0.3, -0.25) is 0 Å². The Labute approximate surface area is 154 Å². The second-order valence-corrected chi connectivity index (χ2v) is 8.13. The molecule has 0 N–H and O–H groups in total. The SMILES string of the molecule is COC(=O)c1cc(S(=O)(=O)N2CCN(c3ccccc3)CC2)ccc1C. The van der Waals surface area contributed by atoms with E-state index in [1.165, 1.54) is 17.5 Å². The number of hydrogen-bond donors (Lipinski definition) is 0. The standard InChI is InChI=1S/C19H22N2O4S/c1-15-8-9-17(14-18(15)19(22)25-2)26(23,24)21-12-10-20(11-13-21)16-6-4-3-5-7-16/h3-9,14H,10-13H2,1-2H3. The smallest absolute Gasteiger partial charge is 0.338 e. The van der Waals surface area contributed by atoms with Gasteiger partial charge in [0.05, 0.1) is 17.6 Å². The molecule has 2 aromatic rings. The van der Waals surface area contributed by atoms with Gasteiger partial charge in [0.2, 0.25) is 10.0 Å². The molecule has 0 radical (unpaired) electrons. The summed E-state index contributed by atoms with van der Waals surface area (Å²) in [5, 5.41) is 0. The molecule has 2 aromatic carbocycles. The number of hydrogen-bond acceptors (Lipinski definition) is 5. The van der Waals surface area contributed by atoms with Gasteiger partial charge in [-0.25, -0.2) is 13.2 Å². The van der Waals surface area contributed by atoms with E-state index in [2.05, 4.69) is 4.90 Å². The van der Waals surface area contributed by atoms with Crippen molar-refractivity contribution in [2.24, 2.45) is 0 Å². The van der Waals surface area contributed by atoms with Crippen LogP contribution in [-0.4, -0.2) is 52.0 Å². The summed E-state index contributed by atoms with van der Waals surface area (Å²) < 4.78 is 32.1. The maximum atomic E-state index is 13.0. The van der Waals surface area contributed by atoms with Gasteiger partial charge < -0.3 is 9.64 Å². The average molecular weight is 374 g/mol. The van der Waals surface area contributed by atoms with Gasteiger partial charge in [0, 0.05) is 31.9 Å². The van der Waals surface area contributed by atoms with Crippen LogP contribution in [-0.2, 0) is 14.8 Å². The van der Waals surface area contributed by atoms with Gasteiger partial charge in [-0.1, -0.05) is 24.3 Å². The Hall–Kier alpha value is -2.38. The van der Waals surface area contributed by atoms with Crippen LogP contribution in [0.15, 0.2) is 53.4 Å². The van der Waals surface area contributed by atoms with Gasteiger partial charge in [0.1, 0.15) is 0 Å². The van der Waals surface area contributed by atoms with E-state index in [1.807, 2.05) is 30.3 Å². The van der Waals surface area contributed by atoms with E-state index in [0.717, 1.165) is 5.69 Å². The summed E-state index contributed by atoms with van der Waals surface area (Å²) in [5.74, 6) is -0.534. The lowest BCUT2D eigenvalue weighted by Gasteiger charge is -2.35. The average Bonchev–Trinajstić information content (AvgIpc) is 2.68. The lowest BCUT2D eigenvalue weighted by atomic mass is 10.1. The molecule has 1 aliphatic rings. The molecule has 0 atom stereocenters. The summed E-state index contributed by atoms with van der Waals surface area (Å²) in [6, 6.07) is 14.5. The minimum atomic E-state index is -3.65. The molecule has 0 unspecified atom stereocenters. The van der Waals surface area contributed by atoms with Crippen LogP contribution in [0.1, 0.15) is 15.9 Å². The number of benzene rings is 2. The van der Waals surface area contributed by atoms with Crippen LogP contribution in [0, 0.1) is 6.92 Å². The number of sulfonamides is 1. The molecule has 0 bridgehead atoms. The zero-order chi connectivity index (χ0) is 18.7. The number of para-hydroxylation sites is 1. The van der Waals surface area contributed by atoms with Crippen LogP contribution in [0.4, 0.5) is 5.69 Å². The fourth-order valence-electron chi connectivity index (χ4n) is 3.07. The molecule has 1 fully saturated rings. The predicted molar refractivity (Wildman–Crippen MR) is 99.9 cm³/mol. The van der Waals surface area contributed by atoms with Crippen molar-refractivity contribution in [1.29, 1.82) is 0 Å². The Morgan fingerprint density at radius 3 is 2.27 bits per heavy atom. The first-order valence-corrected chi connectivity index (χ1v) is 9.86. The fraction of sp³-hybridized carbons (Fsp3) is 0.316. The van der Waals surface area contributed by atoms with E-state index in [9.17, 15) is 13.2 Å². The van der Waals surface area contributed by atoms with Crippen molar-refractivity contribution < 1.29 is 17.9 Å². The summed E-state index contributed by atoms with van der Waals surface area (Å²) in [6.45, 7) is 3.80. The second kappa shape index (κ2) is 7.47. The van der Waals surface area contributed by atoms with Crippen molar-refractivity contribution in [3.05, 3.63) is 59.7 Å². The van der Waals surface area contributed by atoms with E-state index >= 15 is 0 Å². The molecule has 6 nitrogen and oxygen atoms in total. The topological polar surface area (TPSA) is 66.9 Å². The Balaban J connectivity index is 1.78. The van der Waals surface area contributed by atoms with Crippen molar-refractivity contribution >= 4 is 21.7 Å². The molecular formula is C19H22N2O4S. The third kappa shape index (κ3) is 3.59. The first-order valence-electron chi connectivity index (χ1n) is 8.42. The van der Waals surface area contributed by atoms with E-state index in [-0.39, 0.29) is 10.5 Å². The van der Waals surface area contributed by atoms with Crippen LogP contribution in [0.5, 0.6) is 0 Å². The van der Waals surface area contributed by atoms with Crippen LogP contribution in [0.3, 0.4) is 0 Å². The summed E-state index contributed by atoms with van der Waals surface area (Å²) in [7, 11) is -2.37. The molecule has 7 heteroatoms. The molecule has 0 spiro atoms. The minimum absolute atomic E-state index is 0.122. The molecular weight excluding hydrogens is 352 g/mol. The molecule has 1 heterocycles. The fourth-order valence-corrected chi connectivity index (χ4v) is 4.51. The van der Waals surface area contributed by atoms with Gasteiger partial charge in [0.15, 0.2) is 0 Å². The van der Waals surface area contributed by atoms with Gasteiger partial charge in [0.25, 0.3) is 0 Å². The number of rotatable bonds is 4. The first kappa shape index (κ1) is 18.4. The number of piperazine rings is 1. The number of nitrogens with zero attached hydrogens (tertiary/aromatic N) is 2. The molecule has 0 amide bonds. The predicted octanol–water partition coefficient (Wildman–Crippen LogP) is 2.29. The van der Waals surface area contributed by atoms with Gasteiger partial charge in [-0.15, -0.1) is 0 Å². The summed E-state index contributed by atoms with van der Waals surface area (Å²) in [4.78, 5) is 14.1. The zero-order valence-corrected chi connectivity index (χ0v) is 15.7. The summed E-state index contributed by atoms with van der Waals surface area (Å²) >= 11 is 0. The van der Waals surface area contributed by atoms with E-state index in [0.29, 0.717) is 31.7 Å². The maximum absolute atomic E-state index is 13.0. The number of aryl methyl sites for hydroxylation is 1. The number of ether oxygens (including phenoxy) is 1. The van der Waals surface area contributed by atoms with Crippen LogP contribution in [0.25, 0.3) is 0 Å². The second-order valence-electron chi connectivity index (χ2n) is 6.19. The highest BCUT2D eigenvalue weighted by atomic mass is 32.2. The monoisotopic (exact) mass is 374 g/mol. The Kier molecular flexibility index (Phi) is 5.29. The first-order chi connectivity index (χ1) is 12.4. The molecule has 0 saturated carbocycles. The maximum Gasteiger partial charge on any atom is 0.338 e. The minimum Gasteiger partial charge on any atom is -0.465 e. The Morgan fingerprint density at radius 1 is 1.00 bits per heavy atom. The number of esters is 1. The largest absolute Gasteiger partial charge is 0.465 e. The van der Waals surface area contributed by atoms with Crippen LogP contribution < -0.4 is 4.90 Å². The lowest BCUT2D eigenvalue weighted by molar-refractivity contribution is 0.0599. The lowest BCUT2D eigenvalue weighted by Crippen LogP contribution is -2.48. The third-order valence-corrected chi connectivity index (χ3v) is 6.51. The number of methoxy groups -OCH3 is 1. The Bertz CT molecular complexity index is 889. The third-order valence-electron chi connectivity index (χ3n) is 4.61. The van der Waals surface area contributed by atoms with Crippen molar-refractivity contribution in [1.82, 2.24) is 4.31 Å². The van der Waals surface area contributed by atoms with Gasteiger partial charge in [-0.05, 0) is 36.8 Å². The molecule has 3 rings (SSSR count). The molecule has 0 aromatic heterocycles. The summed E-state index contributed by atoms with van der Waals surface area (Å²) in [5.41, 5.74) is 2.05. The van der Waals surface area contributed by atoms with Crippen LogP contribution in [0.2, 0.25) is 0 Å². The van der Waals surface area contributed by atoms with Gasteiger partial charge >= 0.3 is 5.97 Å². The Morgan fingerprint density at radius 2 is 1.65 bits per heavy atom. The van der Waals surface area contributed by atoms with Crippen molar-refractivity contribution in [2.45, 2.75) is 11.8 Å². The number of carbonyl (C=O) groups excluding carboxylic acids is 1. The molecule has 138 valence electrons. The normalized spacial score (nSPS) is 15.7. The summed E-state index contributed by atoms with van der Waals surface area (Å²) in [6.07, 6.45) is 0. The highest BCUT2D eigenvalue weighted by molar-refractivity contribution is 7.89.